The fourth-order valence-electron chi connectivity index (χ4n) is 2.91. The Morgan fingerprint density at radius 1 is 1.36 bits per heavy atom. The number of hydrogen-bond acceptors (Lipinski definition) is 4. The van der Waals surface area contributed by atoms with Crippen LogP contribution in [0.4, 0.5) is 4.79 Å². The zero-order valence-corrected chi connectivity index (χ0v) is 16.5. The molecule has 1 saturated heterocycles. The van der Waals surface area contributed by atoms with Crippen molar-refractivity contribution < 1.29 is 19.1 Å². The van der Waals surface area contributed by atoms with Gasteiger partial charge in [0.1, 0.15) is 5.75 Å². The predicted molar refractivity (Wildman–Crippen MR) is 98.6 cm³/mol. The van der Waals surface area contributed by atoms with E-state index in [1.165, 1.54) is 0 Å². The third-order valence-electron chi connectivity index (χ3n) is 4.43. The van der Waals surface area contributed by atoms with Crippen molar-refractivity contribution in [2.24, 2.45) is 5.92 Å². The second-order valence-electron chi connectivity index (χ2n) is 6.08. The number of nitrogens with one attached hydrogen (secondary N) is 1. The highest BCUT2D eigenvalue weighted by molar-refractivity contribution is 9.10. The van der Waals surface area contributed by atoms with Crippen LogP contribution in [-0.4, -0.2) is 43.7 Å². The molecule has 1 atom stereocenters. The number of hydrogen-bond donors (Lipinski definition) is 1. The number of rotatable bonds is 5. The van der Waals surface area contributed by atoms with E-state index in [1.807, 2.05) is 25.1 Å². The summed E-state index contributed by atoms with van der Waals surface area (Å²) in [4.78, 5) is 25.9. The van der Waals surface area contributed by atoms with Gasteiger partial charge in [0.05, 0.1) is 24.2 Å². The lowest BCUT2D eigenvalue weighted by Crippen LogP contribution is -2.43. The van der Waals surface area contributed by atoms with E-state index < -0.39 is 0 Å². The topological polar surface area (TPSA) is 67.9 Å². The van der Waals surface area contributed by atoms with Gasteiger partial charge in [-0.05, 0) is 60.3 Å². The Kier molecular flexibility index (Phi) is 7.11. The van der Waals surface area contributed by atoms with Crippen molar-refractivity contribution in [2.45, 2.75) is 32.7 Å². The zero-order chi connectivity index (χ0) is 18.4. The third kappa shape index (κ3) is 5.11. The van der Waals surface area contributed by atoms with E-state index in [2.05, 4.69) is 21.2 Å². The molecular formula is C18H25BrN2O4. The standard InChI is InChI=1S/C18H25BrN2O4/c1-4-25-18(23)21-9-7-13(8-10-21)17(22)20-12(2)14-5-6-16(24-3)15(19)11-14/h5-6,11-13H,4,7-10H2,1-3H3,(H,20,22). The molecule has 0 aliphatic carbocycles. The van der Waals surface area contributed by atoms with E-state index >= 15 is 0 Å². The summed E-state index contributed by atoms with van der Waals surface area (Å²) < 4.78 is 11.1. The Hall–Kier alpha value is -1.76. The van der Waals surface area contributed by atoms with Crippen molar-refractivity contribution in [1.82, 2.24) is 10.2 Å². The maximum Gasteiger partial charge on any atom is 0.409 e. The lowest BCUT2D eigenvalue weighted by Gasteiger charge is -2.31. The summed E-state index contributed by atoms with van der Waals surface area (Å²) in [7, 11) is 1.62. The Bertz CT molecular complexity index is 615. The molecule has 6 nitrogen and oxygen atoms in total. The summed E-state index contributed by atoms with van der Waals surface area (Å²) in [6.45, 7) is 5.23. The highest BCUT2D eigenvalue weighted by Crippen LogP contribution is 2.28. The van der Waals surface area contributed by atoms with Crippen molar-refractivity contribution in [1.29, 1.82) is 0 Å². The Labute approximate surface area is 157 Å². The van der Waals surface area contributed by atoms with Crippen molar-refractivity contribution in [3.05, 3.63) is 28.2 Å². The number of methoxy groups -OCH3 is 1. The highest BCUT2D eigenvalue weighted by atomic mass is 79.9. The molecule has 1 N–H and O–H groups in total. The van der Waals surface area contributed by atoms with E-state index in [9.17, 15) is 9.59 Å². The Balaban J connectivity index is 1.88. The molecule has 0 radical (unpaired) electrons. The third-order valence-corrected chi connectivity index (χ3v) is 5.05. The summed E-state index contributed by atoms with van der Waals surface area (Å²) in [5.41, 5.74) is 1.00. The average molecular weight is 413 g/mol. The van der Waals surface area contributed by atoms with Crippen LogP contribution in [-0.2, 0) is 9.53 Å². The van der Waals surface area contributed by atoms with Crippen molar-refractivity contribution >= 4 is 27.9 Å². The van der Waals surface area contributed by atoms with E-state index in [0.717, 1.165) is 15.8 Å². The molecule has 1 unspecified atom stereocenters. The van der Waals surface area contributed by atoms with Crippen LogP contribution in [0.2, 0.25) is 0 Å². The summed E-state index contributed by atoms with van der Waals surface area (Å²) in [6.07, 6.45) is 1.02. The van der Waals surface area contributed by atoms with Gasteiger partial charge in [-0.15, -0.1) is 0 Å². The number of likely N-dealkylation sites (tertiary alicyclic amines) is 1. The van der Waals surface area contributed by atoms with Gasteiger partial charge in [-0.3, -0.25) is 4.79 Å². The molecule has 0 aromatic heterocycles. The Morgan fingerprint density at radius 2 is 2.04 bits per heavy atom. The molecule has 1 aromatic rings. The van der Waals surface area contributed by atoms with Gasteiger partial charge < -0.3 is 19.7 Å². The summed E-state index contributed by atoms with van der Waals surface area (Å²) in [5.74, 6) is 0.714. The first-order valence-corrected chi connectivity index (χ1v) is 9.31. The number of halogens is 1. The van der Waals surface area contributed by atoms with Gasteiger partial charge in [0.15, 0.2) is 0 Å². The zero-order valence-electron chi connectivity index (χ0n) is 14.9. The van der Waals surface area contributed by atoms with Crippen LogP contribution in [0.15, 0.2) is 22.7 Å². The van der Waals surface area contributed by atoms with Crippen LogP contribution in [0.5, 0.6) is 5.75 Å². The SMILES string of the molecule is CCOC(=O)N1CCC(C(=O)NC(C)c2ccc(OC)c(Br)c2)CC1. The summed E-state index contributed by atoms with van der Waals surface area (Å²) in [5, 5.41) is 3.06. The molecule has 0 spiro atoms. The maximum absolute atomic E-state index is 12.5. The van der Waals surface area contributed by atoms with Crippen LogP contribution in [0.3, 0.4) is 0 Å². The summed E-state index contributed by atoms with van der Waals surface area (Å²) >= 11 is 3.46. The molecule has 2 rings (SSSR count). The van der Waals surface area contributed by atoms with Crippen LogP contribution >= 0.6 is 15.9 Å². The first kappa shape index (κ1) is 19.6. The van der Waals surface area contributed by atoms with Gasteiger partial charge >= 0.3 is 6.09 Å². The molecule has 2 amide bonds. The van der Waals surface area contributed by atoms with Crippen molar-refractivity contribution in [3.8, 4) is 5.75 Å². The van der Waals surface area contributed by atoms with Gasteiger partial charge in [0, 0.05) is 19.0 Å². The van der Waals surface area contributed by atoms with Crippen molar-refractivity contribution in [3.63, 3.8) is 0 Å². The van der Waals surface area contributed by atoms with Crippen LogP contribution in [0.1, 0.15) is 38.3 Å². The monoisotopic (exact) mass is 412 g/mol. The Morgan fingerprint density at radius 3 is 2.60 bits per heavy atom. The number of benzene rings is 1. The van der Waals surface area contributed by atoms with Crippen molar-refractivity contribution in [2.75, 3.05) is 26.8 Å². The molecule has 1 aliphatic heterocycles. The number of ether oxygens (including phenoxy) is 2. The van der Waals surface area contributed by atoms with Gasteiger partial charge in [-0.25, -0.2) is 4.79 Å². The number of carbonyl (C=O) groups is 2. The second kappa shape index (κ2) is 9.08. The van der Waals surface area contributed by atoms with Gasteiger partial charge in [0.25, 0.3) is 0 Å². The minimum Gasteiger partial charge on any atom is -0.496 e. The minimum absolute atomic E-state index is 0.0305. The minimum atomic E-state index is -0.294. The second-order valence-corrected chi connectivity index (χ2v) is 6.94. The van der Waals surface area contributed by atoms with Gasteiger partial charge in [-0.2, -0.15) is 0 Å². The molecule has 0 saturated carbocycles. The van der Waals surface area contributed by atoms with Gasteiger partial charge in [-0.1, -0.05) is 6.07 Å². The van der Waals surface area contributed by atoms with Gasteiger partial charge in [0.2, 0.25) is 5.91 Å². The normalized spacial score (nSPS) is 16.2. The summed E-state index contributed by atoms with van der Waals surface area (Å²) in [6, 6.07) is 5.67. The molecule has 1 heterocycles. The first-order valence-electron chi connectivity index (χ1n) is 8.51. The average Bonchev–Trinajstić information content (AvgIpc) is 2.61. The molecule has 1 aromatic carbocycles. The smallest absolute Gasteiger partial charge is 0.409 e. The highest BCUT2D eigenvalue weighted by Gasteiger charge is 2.28. The quantitative estimate of drug-likeness (QED) is 0.803. The van der Waals surface area contributed by atoms with E-state index in [-0.39, 0.29) is 24.0 Å². The largest absolute Gasteiger partial charge is 0.496 e. The van der Waals surface area contributed by atoms with E-state index in [1.54, 1.807) is 18.9 Å². The number of amides is 2. The molecule has 1 fully saturated rings. The van der Waals surface area contributed by atoms with E-state index in [4.69, 9.17) is 9.47 Å². The van der Waals surface area contributed by atoms with Crippen LogP contribution in [0, 0.1) is 5.92 Å². The number of nitrogens with zero attached hydrogens (tertiary/aromatic N) is 1. The van der Waals surface area contributed by atoms with Crippen LogP contribution < -0.4 is 10.1 Å². The molecule has 138 valence electrons. The predicted octanol–water partition coefficient (Wildman–Crippen LogP) is 3.50. The fraction of sp³-hybridized carbons (Fsp3) is 0.556. The number of carbonyl (C=O) groups excluding carboxylic acids is 2. The molecule has 7 heteroatoms. The lowest BCUT2D eigenvalue weighted by atomic mass is 9.95. The lowest BCUT2D eigenvalue weighted by molar-refractivity contribution is -0.127. The van der Waals surface area contributed by atoms with Crippen LogP contribution in [0.25, 0.3) is 0 Å². The molecular weight excluding hydrogens is 388 g/mol. The first-order chi connectivity index (χ1) is 12.0. The molecule has 1 aliphatic rings. The number of piperidine rings is 1. The molecule has 0 bridgehead atoms. The maximum atomic E-state index is 12.5. The van der Waals surface area contributed by atoms with E-state index in [0.29, 0.717) is 32.5 Å². The fourth-order valence-corrected chi connectivity index (χ4v) is 3.46. The molecule has 25 heavy (non-hydrogen) atoms.